The van der Waals surface area contributed by atoms with Gasteiger partial charge in [0.05, 0.1) is 5.69 Å². The van der Waals surface area contributed by atoms with Gasteiger partial charge < -0.3 is 10.2 Å². The lowest BCUT2D eigenvalue weighted by Crippen LogP contribution is -2.38. The normalized spacial score (nSPS) is 18.0. The molecule has 1 aliphatic heterocycles. The van der Waals surface area contributed by atoms with E-state index in [9.17, 15) is 9.59 Å². The van der Waals surface area contributed by atoms with Crippen LogP contribution in [-0.4, -0.2) is 40.0 Å². The Morgan fingerprint density at radius 2 is 2.14 bits per heavy atom. The van der Waals surface area contributed by atoms with Crippen molar-refractivity contribution >= 4 is 17.6 Å². The highest BCUT2D eigenvalue weighted by Crippen LogP contribution is 2.21. The molecule has 1 atom stereocenters. The van der Waals surface area contributed by atoms with Gasteiger partial charge >= 0.3 is 0 Å². The number of nitrogens with zero attached hydrogens (tertiary/aromatic N) is 2. The van der Waals surface area contributed by atoms with E-state index in [4.69, 9.17) is 0 Å². The smallest absolute Gasteiger partial charge is 0.248 e. The fourth-order valence-corrected chi connectivity index (χ4v) is 2.47. The number of aromatic amines is 1. The molecule has 3 rings (SSSR count). The number of nitrogens with one attached hydrogen (secondary N) is 2. The predicted molar refractivity (Wildman–Crippen MR) is 78.4 cm³/mol. The zero-order valence-corrected chi connectivity index (χ0v) is 11.7. The number of carbonyl (C=O) groups is 2. The summed E-state index contributed by atoms with van der Waals surface area (Å²) in [6.07, 6.45) is 0.974. The van der Waals surface area contributed by atoms with Crippen molar-refractivity contribution in [2.75, 3.05) is 12.4 Å². The molecule has 1 aromatic carbocycles. The van der Waals surface area contributed by atoms with Crippen LogP contribution in [0.3, 0.4) is 0 Å². The number of likely N-dealkylation sites (tertiary alicyclic amines) is 1. The van der Waals surface area contributed by atoms with Gasteiger partial charge in [-0.1, -0.05) is 30.3 Å². The molecular weight excluding hydrogens is 268 g/mol. The van der Waals surface area contributed by atoms with Crippen molar-refractivity contribution in [3.8, 4) is 11.3 Å². The molecule has 2 amide bonds. The first-order chi connectivity index (χ1) is 10.1. The van der Waals surface area contributed by atoms with E-state index in [-0.39, 0.29) is 11.8 Å². The van der Waals surface area contributed by atoms with E-state index in [0.717, 1.165) is 11.3 Å². The molecular formula is C15H16N4O2. The largest absolute Gasteiger partial charge is 0.334 e. The second-order valence-electron chi connectivity index (χ2n) is 5.08. The van der Waals surface area contributed by atoms with Crippen LogP contribution >= 0.6 is 0 Å². The van der Waals surface area contributed by atoms with Crippen LogP contribution in [0.1, 0.15) is 12.8 Å². The molecule has 6 heteroatoms. The first kappa shape index (κ1) is 13.4. The summed E-state index contributed by atoms with van der Waals surface area (Å²) in [5.41, 5.74) is 1.83. The van der Waals surface area contributed by atoms with Crippen LogP contribution in [0.4, 0.5) is 5.82 Å². The van der Waals surface area contributed by atoms with Crippen molar-refractivity contribution in [3.05, 3.63) is 36.4 Å². The van der Waals surface area contributed by atoms with E-state index in [2.05, 4.69) is 15.5 Å². The maximum Gasteiger partial charge on any atom is 0.248 e. The van der Waals surface area contributed by atoms with E-state index in [1.807, 2.05) is 30.3 Å². The van der Waals surface area contributed by atoms with Crippen LogP contribution in [0.25, 0.3) is 11.3 Å². The fourth-order valence-electron chi connectivity index (χ4n) is 2.47. The maximum absolute atomic E-state index is 12.2. The number of benzene rings is 1. The number of carbonyl (C=O) groups excluding carboxylic acids is 2. The average molecular weight is 284 g/mol. The molecule has 2 heterocycles. The topological polar surface area (TPSA) is 78.1 Å². The van der Waals surface area contributed by atoms with Crippen LogP contribution in [0.5, 0.6) is 0 Å². The number of H-pyrrole nitrogens is 1. The van der Waals surface area contributed by atoms with E-state index >= 15 is 0 Å². The second kappa shape index (κ2) is 5.40. The molecule has 1 fully saturated rings. The third-order valence-electron chi connectivity index (χ3n) is 3.71. The van der Waals surface area contributed by atoms with Gasteiger partial charge in [0.1, 0.15) is 6.04 Å². The summed E-state index contributed by atoms with van der Waals surface area (Å²) in [7, 11) is 1.65. The molecule has 1 saturated heterocycles. The third kappa shape index (κ3) is 2.65. The van der Waals surface area contributed by atoms with E-state index in [0.29, 0.717) is 18.7 Å². The highest BCUT2D eigenvalue weighted by Gasteiger charge is 2.33. The second-order valence-corrected chi connectivity index (χ2v) is 5.08. The zero-order valence-electron chi connectivity index (χ0n) is 11.7. The standard InChI is InChI=1S/C15H16N4O2/c1-19-12(7-8-14(19)20)15(21)16-13-9-11(17-18-13)10-5-3-2-4-6-10/h2-6,9,12H,7-8H2,1H3,(H2,16,17,18,21). The Kier molecular flexibility index (Phi) is 3.43. The summed E-state index contributed by atoms with van der Waals surface area (Å²) in [5, 5.41) is 9.73. The number of anilines is 1. The monoisotopic (exact) mass is 284 g/mol. The van der Waals surface area contributed by atoms with Crippen molar-refractivity contribution in [1.29, 1.82) is 0 Å². The average Bonchev–Trinajstić information content (AvgIpc) is 3.08. The van der Waals surface area contributed by atoms with Gasteiger partial charge in [0.15, 0.2) is 5.82 Å². The number of rotatable bonds is 3. The third-order valence-corrected chi connectivity index (χ3v) is 3.71. The van der Waals surface area contributed by atoms with Crippen molar-refractivity contribution in [3.63, 3.8) is 0 Å². The molecule has 1 aliphatic rings. The van der Waals surface area contributed by atoms with Gasteiger partial charge in [0, 0.05) is 19.5 Å². The molecule has 21 heavy (non-hydrogen) atoms. The predicted octanol–water partition coefficient (Wildman–Crippen LogP) is 1.64. The Labute approximate surface area is 122 Å². The molecule has 0 radical (unpaired) electrons. The van der Waals surface area contributed by atoms with Crippen LogP contribution < -0.4 is 5.32 Å². The Balaban J connectivity index is 1.70. The molecule has 0 spiro atoms. The minimum absolute atomic E-state index is 0.00199. The van der Waals surface area contributed by atoms with Gasteiger partial charge in [-0.15, -0.1) is 0 Å². The number of amides is 2. The van der Waals surface area contributed by atoms with Gasteiger partial charge in [-0.2, -0.15) is 5.10 Å². The van der Waals surface area contributed by atoms with E-state index < -0.39 is 6.04 Å². The quantitative estimate of drug-likeness (QED) is 0.899. The molecule has 2 N–H and O–H groups in total. The number of hydrogen-bond donors (Lipinski definition) is 2. The number of hydrogen-bond acceptors (Lipinski definition) is 3. The molecule has 0 aliphatic carbocycles. The lowest BCUT2D eigenvalue weighted by Gasteiger charge is -2.18. The summed E-state index contributed by atoms with van der Waals surface area (Å²) < 4.78 is 0. The maximum atomic E-state index is 12.2. The minimum atomic E-state index is -0.408. The van der Waals surface area contributed by atoms with Crippen molar-refractivity contribution < 1.29 is 9.59 Å². The Morgan fingerprint density at radius 1 is 1.38 bits per heavy atom. The first-order valence-electron chi connectivity index (χ1n) is 6.82. The van der Waals surface area contributed by atoms with Crippen LogP contribution in [0.2, 0.25) is 0 Å². The van der Waals surface area contributed by atoms with Gasteiger partial charge in [-0.05, 0) is 12.0 Å². The van der Waals surface area contributed by atoms with E-state index in [1.54, 1.807) is 13.1 Å². The van der Waals surface area contributed by atoms with Crippen molar-refractivity contribution in [2.24, 2.45) is 0 Å². The van der Waals surface area contributed by atoms with Crippen LogP contribution in [0.15, 0.2) is 36.4 Å². The van der Waals surface area contributed by atoms with E-state index in [1.165, 1.54) is 4.90 Å². The minimum Gasteiger partial charge on any atom is -0.334 e. The molecule has 0 bridgehead atoms. The summed E-state index contributed by atoms with van der Waals surface area (Å²) in [4.78, 5) is 25.1. The molecule has 1 aromatic heterocycles. The molecule has 0 saturated carbocycles. The highest BCUT2D eigenvalue weighted by molar-refractivity contribution is 5.98. The zero-order chi connectivity index (χ0) is 14.8. The molecule has 108 valence electrons. The summed E-state index contributed by atoms with van der Waals surface area (Å²) >= 11 is 0. The number of aromatic nitrogens is 2. The summed E-state index contributed by atoms with van der Waals surface area (Å²) in [5.74, 6) is 0.267. The van der Waals surface area contributed by atoms with Gasteiger partial charge in [0.25, 0.3) is 0 Å². The highest BCUT2D eigenvalue weighted by atomic mass is 16.2. The molecule has 2 aromatic rings. The van der Waals surface area contributed by atoms with Gasteiger partial charge in [0.2, 0.25) is 11.8 Å². The molecule has 1 unspecified atom stereocenters. The lowest BCUT2D eigenvalue weighted by molar-refractivity contribution is -0.131. The summed E-state index contributed by atoms with van der Waals surface area (Å²) in [6.45, 7) is 0. The van der Waals surface area contributed by atoms with Gasteiger partial charge in [-0.25, -0.2) is 0 Å². The first-order valence-corrected chi connectivity index (χ1v) is 6.82. The fraction of sp³-hybridized carbons (Fsp3) is 0.267. The Bertz CT molecular complexity index is 665. The Hall–Kier alpha value is -2.63. The van der Waals surface area contributed by atoms with Crippen LogP contribution in [-0.2, 0) is 9.59 Å². The van der Waals surface area contributed by atoms with Crippen LogP contribution in [0, 0.1) is 0 Å². The molecule has 6 nitrogen and oxygen atoms in total. The van der Waals surface area contributed by atoms with Crippen molar-refractivity contribution in [1.82, 2.24) is 15.1 Å². The Morgan fingerprint density at radius 3 is 2.81 bits per heavy atom. The lowest BCUT2D eigenvalue weighted by atomic mass is 10.1. The SMILES string of the molecule is CN1C(=O)CCC1C(=O)Nc1cc(-c2ccccc2)[nH]n1. The summed E-state index contributed by atoms with van der Waals surface area (Å²) in [6, 6.07) is 11.1. The van der Waals surface area contributed by atoms with Gasteiger partial charge in [-0.3, -0.25) is 14.7 Å². The number of likely N-dealkylation sites (N-methyl/N-ethyl adjacent to an activating group) is 1. The van der Waals surface area contributed by atoms with Crippen molar-refractivity contribution in [2.45, 2.75) is 18.9 Å².